The molecule has 0 spiro atoms. The van der Waals surface area contributed by atoms with Crippen molar-refractivity contribution in [3.63, 3.8) is 0 Å². The molecular formula is C47H30NOP. The van der Waals surface area contributed by atoms with Gasteiger partial charge < -0.3 is 4.57 Å². The SMILES string of the molecule is O=P(c1ccccc1)(c1ccccc1)c1c2ccccc2c(-c2nc3c4ccccc4c4ccccc4c3c3ccccc23)c2ccccc12. The lowest BCUT2D eigenvalue weighted by Gasteiger charge is -2.25. The second-order valence-electron chi connectivity index (χ2n) is 12.9. The molecule has 9 aromatic carbocycles. The molecule has 0 aliphatic rings. The Morgan fingerprint density at radius 2 is 0.700 bits per heavy atom. The highest BCUT2D eigenvalue weighted by atomic mass is 31.2. The van der Waals surface area contributed by atoms with Gasteiger partial charge in [0.2, 0.25) is 0 Å². The van der Waals surface area contributed by atoms with Crippen molar-refractivity contribution in [1.29, 1.82) is 0 Å². The van der Waals surface area contributed by atoms with Crippen LogP contribution in [0, 0.1) is 0 Å². The molecule has 50 heavy (non-hydrogen) atoms. The van der Waals surface area contributed by atoms with Crippen molar-refractivity contribution in [2.24, 2.45) is 0 Å². The van der Waals surface area contributed by atoms with Gasteiger partial charge in [0.15, 0.2) is 7.14 Å². The summed E-state index contributed by atoms with van der Waals surface area (Å²) in [6.07, 6.45) is 0. The largest absolute Gasteiger partial charge is 0.309 e. The zero-order valence-electron chi connectivity index (χ0n) is 27.1. The van der Waals surface area contributed by atoms with Crippen LogP contribution in [0.5, 0.6) is 0 Å². The topological polar surface area (TPSA) is 30.0 Å². The maximum absolute atomic E-state index is 16.1. The van der Waals surface area contributed by atoms with E-state index in [9.17, 15) is 0 Å². The number of hydrogen-bond donors (Lipinski definition) is 0. The predicted molar refractivity (Wildman–Crippen MR) is 214 cm³/mol. The maximum Gasteiger partial charge on any atom is 0.172 e. The fraction of sp³-hybridized carbons (Fsp3) is 0. The average molecular weight is 656 g/mol. The summed E-state index contributed by atoms with van der Waals surface area (Å²) in [5, 5.41) is 14.7. The molecule has 0 saturated heterocycles. The number of hydrogen-bond acceptors (Lipinski definition) is 2. The lowest BCUT2D eigenvalue weighted by molar-refractivity contribution is 0.593. The van der Waals surface area contributed by atoms with Gasteiger partial charge in [-0.25, -0.2) is 4.98 Å². The van der Waals surface area contributed by atoms with Crippen molar-refractivity contribution in [3.8, 4) is 11.3 Å². The highest BCUT2D eigenvalue weighted by molar-refractivity contribution is 7.86. The summed E-state index contributed by atoms with van der Waals surface area (Å²) in [6, 6.07) is 62.9. The molecule has 0 aliphatic carbocycles. The van der Waals surface area contributed by atoms with Crippen LogP contribution in [0.25, 0.3) is 76.0 Å². The van der Waals surface area contributed by atoms with Crippen molar-refractivity contribution in [2.45, 2.75) is 0 Å². The van der Waals surface area contributed by atoms with Crippen molar-refractivity contribution in [2.75, 3.05) is 0 Å². The molecule has 0 aliphatic heterocycles. The standard InChI is InChI=1S/C47H30NOP/c49-50(31-17-3-1-4-18-31,32-19-5-2-6-20-32)47-41-29-15-11-25-37(41)44(38-26-12-16-30-42(38)47)46-40-28-14-10-24-36(40)43-35-23-9-7-21-33(35)34-22-8-13-27-39(34)45(43)48-46/h1-30H. The van der Waals surface area contributed by atoms with E-state index in [1.165, 1.54) is 26.9 Å². The smallest absolute Gasteiger partial charge is 0.172 e. The highest BCUT2D eigenvalue weighted by Crippen LogP contribution is 2.50. The number of benzene rings is 9. The highest BCUT2D eigenvalue weighted by Gasteiger charge is 2.34. The fourth-order valence-corrected chi connectivity index (χ4v) is 11.2. The Labute approximate surface area is 289 Å². The molecule has 0 radical (unpaired) electrons. The lowest BCUT2D eigenvalue weighted by atomic mass is 9.89. The lowest BCUT2D eigenvalue weighted by Crippen LogP contribution is -2.26. The van der Waals surface area contributed by atoms with E-state index in [2.05, 4.69) is 121 Å². The van der Waals surface area contributed by atoms with E-state index in [0.29, 0.717) is 0 Å². The zero-order chi connectivity index (χ0) is 33.2. The Bertz CT molecular complexity index is 2910. The number of nitrogens with zero attached hydrogens (tertiary/aromatic N) is 1. The van der Waals surface area contributed by atoms with Crippen LogP contribution in [0.2, 0.25) is 0 Å². The molecule has 2 nitrogen and oxygen atoms in total. The van der Waals surface area contributed by atoms with Gasteiger partial charge >= 0.3 is 0 Å². The quantitative estimate of drug-likeness (QED) is 0.107. The minimum Gasteiger partial charge on any atom is -0.309 e. The molecule has 0 amide bonds. The Hall–Kier alpha value is -6.08. The van der Waals surface area contributed by atoms with Crippen LogP contribution in [-0.4, -0.2) is 4.98 Å². The monoisotopic (exact) mass is 655 g/mol. The first-order valence-corrected chi connectivity index (χ1v) is 18.7. The maximum atomic E-state index is 16.1. The van der Waals surface area contributed by atoms with Crippen LogP contribution in [-0.2, 0) is 4.57 Å². The van der Waals surface area contributed by atoms with Gasteiger partial charge in [0.25, 0.3) is 0 Å². The summed E-state index contributed by atoms with van der Waals surface area (Å²) in [5.74, 6) is 0. The predicted octanol–water partition coefficient (Wildman–Crippen LogP) is 11.3. The zero-order valence-corrected chi connectivity index (χ0v) is 28.0. The van der Waals surface area contributed by atoms with Crippen LogP contribution >= 0.6 is 7.14 Å². The molecule has 1 heterocycles. The summed E-state index contributed by atoms with van der Waals surface area (Å²) < 4.78 is 16.1. The van der Waals surface area contributed by atoms with E-state index in [1.54, 1.807) is 0 Å². The van der Waals surface area contributed by atoms with E-state index in [0.717, 1.165) is 65.0 Å². The summed E-state index contributed by atoms with van der Waals surface area (Å²) in [7, 11) is -3.35. The molecule has 234 valence electrons. The molecule has 10 rings (SSSR count). The normalized spacial score (nSPS) is 12.1. The molecule has 10 aromatic rings. The van der Waals surface area contributed by atoms with E-state index >= 15 is 4.57 Å². The van der Waals surface area contributed by atoms with Crippen molar-refractivity contribution in [1.82, 2.24) is 4.98 Å². The second-order valence-corrected chi connectivity index (χ2v) is 15.6. The van der Waals surface area contributed by atoms with Gasteiger partial charge in [0, 0.05) is 37.6 Å². The number of aromatic nitrogens is 1. The summed E-state index contributed by atoms with van der Waals surface area (Å²) >= 11 is 0. The van der Waals surface area contributed by atoms with E-state index in [-0.39, 0.29) is 0 Å². The van der Waals surface area contributed by atoms with Gasteiger partial charge in [-0.15, -0.1) is 0 Å². The summed E-state index contributed by atoms with van der Waals surface area (Å²) in [5.41, 5.74) is 2.98. The average Bonchev–Trinajstić information content (AvgIpc) is 3.20. The van der Waals surface area contributed by atoms with E-state index in [1.807, 2.05) is 60.7 Å². The van der Waals surface area contributed by atoms with Crippen LogP contribution in [0.1, 0.15) is 0 Å². The van der Waals surface area contributed by atoms with Gasteiger partial charge in [-0.3, -0.25) is 0 Å². The first-order valence-electron chi connectivity index (χ1n) is 17.0. The van der Waals surface area contributed by atoms with E-state index < -0.39 is 7.14 Å². The van der Waals surface area contributed by atoms with Gasteiger partial charge in [0.1, 0.15) is 0 Å². The Morgan fingerprint density at radius 3 is 1.22 bits per heavy atom. The Morgan fingerprint density at radius 1 is 0.340 bits per heavy atom. The third-order valence-corrected chi connectivity index (χ3v) is 13.4. The summed E-state index contributed by atoms with van der Waals surface area (Å²) in [4.78, 5) is 5.69. The van der Waals surface area contributed by atoms with Crippen LogP contribution < -0.4 is 15.9 Å². The number of fused-ring (bicyclic) bond motifs is 10. The Balaban J connectivity index is 1.42. The first kappa shape index (κ1) is 28.9. The van der Waals surface area contributed by atoms with Crippen LogP contribution in [0.3, 0.4) is 0 Å². The van der Waals surface area contributed by atoms with Gasteiger partial charge in [0.05, 0.1) is 11.2 Å². The van der Waals surface area contributed by atoms with Gasteiger partial charge in [-0.05, 0) is 43.1 Å². The van der Waals surface area contributed by atoms with Crippen molar-refractivity contribution >= 4 is 87.8 Å². The minimum absolute atomic E-state index is 0.821. The number of rotatable bonds is 4. The van der Waals surface area contributed by atoms with Crippen LogP contribution in [0.15, 0.2) is 182 Å². The minimum atomic E-state index is -3.35. The van der Waals surface area contributed by atoms with Gasteiger partial charge in [-0.2, -0.15) is 0 Å². The molecule has 0 atom stereocenters. The first-order chi connectivity index (χ1) is 24.7. The molecular weight excluding hydrogens is 625 g/mol. The molecule has 0 saturated carbocycles. The molecule has 3 heteroatoms. The molecule has 0 fully saturated rings. The van der Waals surface area contributed by atoms with E-state index in [4.69, 9.17) is 4.98 Å². The molecule has 0 unspecified atom stereocenters. The molecule has 1 aromatic heterocycles. The third-order valence-electron chi connectivity index (χ3n) is 10.3. The molecule has 0 N–H and O–H groups in total. The van der Waals surface area contributed by atoms with Gasteiger partial charge in [-0.1, -0.05) is 182 Å². The molecule has 0 bridgehead atoms. The van der Waals surface area contributed by atoms with Crippen molar-refractivity contribution < 1.29 is 4.57 Å². The number of pyridine rings is 1. The second kappa shape index (κ2) is 11.2. The van der Waals surface area contributed by atoms with Crippen molar-refractivity contribution in [3.05, 3.63) is 182 Å². The third kappa shape index (κ3) is 4.10. The van der Waals surface area contributed by atoms with Crippen LogP contribution in [0.4, 0.5) is 0 Å². The fourth-order valence-electron chi connectivity index (χ4n) is 8.16. The Kier molecular flexibility index (Phi) is 6.49. The summed E-state index contributed by atoms with van der Waals surface area (Å²) in [6.45, 7) is 0.